The van der Waals surface area contributed by atoms with E-state index in [0.717, 1.165) is 18.7 Å². The van der Waals surface area contributed by atoms with E-state index in [1.54, 1.807) is 12.1 Å². The summed E-state index contributed by atoms with van der Waals surface area (Å²) in [5.41, 5.74) is 7.30. The highest BCUT2D eigenvalue weighted by molar-refractivity contribution is 5.54. The number of rotatable bonds is 9. The summed E-state index contributed by atoms with van der Waals surface area (Å²) in [6, 6.07) is 5.42. The minimum atomic E-state index is -0.562. The zero-order valence-electron chi connectivity index (χ0n) is 13.2. The smallest absolute Gasteiger partial charge is 0.142 e. The van der Waals surface area contributed by atoms with Crippen molar-refractivity contribution >= 4 is 5.69 Å². The van der Waals surface area contributed by atoms with E-state index in [4.69, 9.17) is 15.6 Å². The number of aliphatic hydroxyl groups is 2. The molecule has 120 valence electrons. The second-order valence-electron chi connectivity index (χ2n) is 5.43. The Labute approximate surface area is 127 Å². The third-order valence-electron chi connectivity index (χ3n) is 3.36. The molecular formula is C16H28N2O3. The average Bonchev–Trinajstić information content (AvgIpc) is 2.44. The van der Waals surface area contributed by atoms with E-state index in [1.807, 2.05) is 26.8 Å². The van der Waals surface area contributed by atoms with Crippen molar-refractivity contribution in [2.75, 3.05) is 32.0 Å². The highest BCUT2D eigenvalue weighted by atomic mass is 16.5. The summed E-state index contributed by atoms with van der Waals surface area (Å²) in [6.07, 6.45) is 0.116. The molecule has 0 fully saturated rings. The number of nitrogens with zero attached hydrogens (tertiary/aromatic N) is 1. The molecule has 0 heterocycles. The van der Waals surface area contributed by atoms with Gasteiger partial charge in [0.1, 0.15) is 5.75 Å². The van der Waals surface area contributed by atoms with Crippen molar-refractivity contribution in [3.63, 3.8) is 0 Å². The molecule has 1 aromatic rings. The van der Waals surface area contributed by atoms with Crippen LogP contribution in [0.4, 0.5) is 5.69 Å². The largest absolute Gasteiger partial charge is 0.489 e. The van der Waals surface area contributed by atoms with E-state index >= 15 is 0 Å². The number of ether oxygens (including phenoxy) is 1. The Bertz CT molecular complexity index is 424. The van der Waals surface area contributed by atoms with Crippen molar-refractivity contribution in [1.29, 1.82) is 0 Å². The number of nitrogen functional groups attached to an aromatic ring is 1. The lowest BCUT2D eigenvalue weighted by molar-refractivity contribution is 0.133. The van der Waals surface area contributed by atoms with Gasteiger partial charge in [0.15, 0.2) is 0 Å². The lowest BCUT2D eigenvalue weighted by atomic mass is 10.1. The number of aliphatic hydroxyl groups excluding tert-OH is 2. The van der Waals surface area contributed by atoms with Crippen LogP contribution in [0.15, 0.2) is 18.2 Å². The maximum atomic E-state index is 10.2. The van der Waals surface area contributed by atoms with Crippen LogP contribution in [0, 0.1) is 0 Å². The van der Waals surface area contributed by atoms with Gasteiger partial charge in [-0.25, -0.2) is 0 Å². The fourth-order valence-electron chi connectivity index (χ4n) is 2.18. The molecular weight excluding hydrogens is 268 g/mol. The molecule has 0 bridgehead atoms. The van der Waals surface area contributed by atoms with Crippen LogP contribution in [0.25, 0.3) is 0 Å². The molecule has 5 nitrogen and oxygen atoms in total. The molecule has 1 aromatic carbocycles. The second kappa shape index (κ2) is 8.87. The molecule has 0 radical (unpaired) electrons. The van der Waals surface area contributed by atoms with Crippen molar-refractivity contribution in [3.8, 4) is 5.75 Å². The van der Waals surface area contributed by atoms with Crippen molar-refractivity contribution in [2.45, 2.75) is 39.4 Å². The van der Waals surface area contributed by atoms with Gasteiger partial charge in [-0.1, -0.05) is 13.0 Å². The summed E-state index contributed by atoms with van der Waals surface area (Å²) >= 11 is 0. The van der Waals surface area contributed by atoms with Crippen molar-refractivity contribution < 1.29 is 14.9 Å². The Morgan fingerprint density at radius 3 is 2.52 bits per heavy atom. The van der Waals surface area contributed by atoms with Gasteiger partial charge >= 0.3 is 0 Å². The van der Waals surface area contributed by atoms with Gasteiger partial charge in [-0.05, 0) is 44.5 Å². The maximum Gasteiger partial charge on any atom is 0.142 e. The fourth-order valence-corrected chi connectivity index (χ4v) is 2.18. The molecule has 0 spiro atoms. The van der Waals surface area contributed by atoms with Crippen LogP contribution in [0.3, 0.4) is 0 Å². The first-order valence-corrected chi connectivity index (χ1v) is 7.55. The number of anilines is 1. The third kappa shape index (κ3) is 5.91. The lowest BCUT2D eigenvalue weighted by Gasteiger charge is -2.21. The van der Waals surface area contributed by atoms with Crippen LogP contribution in [0.1, 0.15) is 38.9 Å². The molecule has 0 aliphatic heterocycles. The molecule has 1 atom stereocenters. The summed E-state index contributed by atoms with van der Waals surface area (Å²) in [7, 11) is 0. The number of nitrogens with two attached hydrogens (primary N) is 1. The molecule has 0 amide bonds. The Balaban J connectivity index is 2.62. The van der Waals surface area contributed by atoms with Crippen molar-refractivity contribution in [2.24, 2.45) is 0 Å². The van der Waals surface area contributed by atoms with E-state index in [-0.39, 0.29) is 12.7 Å². The number of hydrogen-bond acceptors (Lipinski definition) is 5. The van der Waals surface area contributed by atoms with Gasteiger partial charge < -0.3 is 25.6 Å². The van der Waals surface area contributed by atoms with Gasteiger partial charge in [0.05, 0.1) is 24.5 Å². The lowest BCUT2D eigenvalue weighted by Crippen LogP contribution is -2.28. The van der Waals surface area contributed by atoms with E-state index in [0.29, 0.717) is 24.4 Å². The van der Waals surface area contributed by atoms with Gasteiger partial charge in [0.2, 0.25) is 0 Å². The van der Waals surface area contributed by atoms with E-state index in [9.17, 15) is 5.11 Å². The normalized spacial score (nSPS) is 12.9. The van der Waals surface area contributed by atoms with E-state index < -0.39 is 6.10 Å². The minimum absolute atomic E-state index is 0.0691. The van der Waals surface area contributed by atoms with Crippen LogP contribution in [0.2, 0.25) is 0 Å². The molecule has 1 rings (SSSR count). The standard InChI is InChI=1S/C16H28N2O3/c1-4-18(9-10-19)8-7-15(20)13-5-6-16(14(17)11-13)21-12(2)3/h5-6,11-12,15,19-20H,4,7-10,17H2,1-3H3. The van der Waals surface area contributed by atoms with Crippen molar-refractivity contribution in [1.82, 2.24) is 4.90 Å². The Morgan fingerprint density at radius 2 is 2.00 bits per heavy atom. The Hall–Kier alpha value is -1.30. The topological polar surface area (TPSA) is 79.0 Å². The monoisotopic (exact) mass is 296 g/mol. The van der Waals surface area contributed by atoms with Gasteiger partial charge in [0.25, 0.3) is 0 Å². The van der Waals surface area contributed by atoms with E-state index in [1.165, 1.54) is 0 Å². The summed E-state index contributed by atoms with van der Waals surface area (Å²) < 4.78 is 5.58. The molecule has 0 saturated heterocycles. The first kappa shape index (κ1) is 17.8. The van der Waals surface area contributed by atoms with Crippen LogP contribution in [0.5, 0.6) is 5.75 Å². The van der Waals surface area contributed by atoms with Gasteiger partial charge in [0, 0.05) is 13.1 Å². The summed E-state index contributed by atoms with van der Waals surface area (Å²) in [5.74, 6) is 0.649. The zero-order valence-corrected chi connectivity index (χ0v) is 13.2. The zero-order chi connectivity index (χ0) is 15.8. The molecule has 0 aliphatic rings. The first-order valence-electron chi connectivity index (χ1n) is 7.55. The molecule has 0 aliphatic carbocycles. The van der Waals surface area contributed by atoms with Crippen LogP contribution >= 0.6 is 0 Å². The Kier molecular flexibility index (Phi) is 7.50. The molecule has 0 aromatic heterocycles. The summed E-state index contributed by atoms with van der Waals surface area (Å²) in [5, 5.41) is 19.2. The second-order valence-corrected chi connectivity index (χ2v) is 5.43. The molecule has 1 unspecified atom stereocenters. The van der Waals surface area contributed by atoms with E-state index in [2.05, 4.69) is 4.90 Å². The van der Waals surface area contributed by atoms with Crippen molar-refractivity contribution in [3.05, 3.63) is 23.8 Å². The number of hydrogen-bond donors (Lipinski definition) is 3. The van der Waals surface area contributed by atoms with Crippen LogP contribution < -0.4 is 10.5 Å². The average molecular weight is 296 g/mol. The van der Waals surface area contributed by atoms with Crippen LogP contribution in [-0.2, 0) is 0 Å². The fraction of sp³-hybridized carbons (Fsp3) is 0.625. The van der Waals surface area contributed by atoms with Gasteiger partial charge in [-0.2, -0.15) is 0 Å². The molecule has 0 saturated carbocycles. The molecule has 4 N–H and O–H groups in total. The van der Waals surface area contributed by atoms with Gasteiger partial charge in [-0.15, -0.1) is 0 Å². The SMILES string of the molecule is CCN(CCO)CCC(O)c1ccc(OC(C)C)c(N)c1. The highest BCUT2D eigenvalue weighted by Crippen LogP contribution is 2.27. The predicted molar refractivity (Wildman–Crippen MR) is 85.4 cm³/mol. The summed E-state index contributed by atoms with van der Waals surface area (Å²) in [4.78, 5) is 2.10. The first-order chi connectivity index (χ1) is 9.97. The predicted octanol–water partition coefficient (Wildman–Crippen LogP) is 1.79. The quantitative estimate of drug-likeness (QED) is 0.606. The minimum Gasteiger partial charge on any atom is -0.489 e. The Morgan fingerprint density at radius 1 is 1.29 bits per heavy atom. The molecule has 5 heteroatoms. The van der Waals surface area contributed by atoms with Gasteiger partial charge in [-0.3, -0.25) is 0 Å². The number of benzene rings is 1. The highest BCUT2D eigenvalue weighted by Gasteiger charge is 2.12. The third-order valence-corrected chi connectivity index (χ3v) is 3.36. The molecule has 21 heavy (non-hydrogen) atoms. The summed E-state index contributed by atoms with van der Waals surface area (Å²) in [6.45, 7) is 8.30. The number of likely N-dealkylation sites (N-methyl/N-ethyl adjacent to an activating group) is 1. The maximum absolute atomic E-state index is 10.2. The van der Waals surface area contributed by atoms with Crippen LogP contribution in [-0.4, -0.2) is 47.5 Å².